The maximum absolute atomic E-state index is 13.9. The van der Waals surface area contributed by atoms with Crippen molar-refractivity contribution in [2.45, 2.75) is 43.8 Å². The number of likely N-dealkylation sites (tertiary alicyclic amines) is 1. The highest BCUT2D eigenvalue weighted by molar-refractivity contribution is 5.97. The highest BCUT2D eigenvalue weighted by Crippen LogP contribution is 2.44. The van der Waals surface area contributed by atoms with E-state index in [9.17, 15) is 27.6 Å². The van der Waals surface area contributed by atoms with Gasteiger partial charge in [0.15, 0.2) is 0 Å². The van der Waals surface area contributed by atoms with E-state index in [4.69, 9.17) is 9.72 Å². The van der Waals surface area contributed by atoms with Crippen LogP contribution in [0.5, 0.6) is 5.88 Å². The number of halogens is 3. The largest absolute Gasteiger partial charge is 0.477 e. The molecule has 3 aromatic heterocycles. The molecule has 2 N–H and O–H groups in total. The summed E-state index contributed by atoms with van der Waals surface area (Å²) in [6, 6.07) is 9.20. The lowest BCUT2D eigenvalue weighted by atomic mass is 9.69. The van der Waals surface area contributed by atoms with Crippen LogP contribution < -0.4 is 15.6 Å². The van der Waals surface area contributed by atoms with Crippen LogP contribution >= 0.6 is 0 Å². The second-order valence-corrected chi connectivity index (χ2v) is 11.1. The fourth-order valence-corrected chi connectivity index (χ4v) is 6.47. The Bertz CT molecular complexity index is 1610. The van der Waals surface area contributed by atoms with E-state index >= 15 is 0 Å². The summed E-state index contributed by atoms with van der Waals surface area (Å²) in [6.07, 6.45) is -1.61. The van der Waals surface area contributed by atoms with E-state index in [1.54, 1.807) is 17.2 Å². The zero-order valence-corrected chi connectivity index (χ0v) is 23.5. The molecule has 6 rings (SSSR count). The number of ether oxygens (including phenoxy) is 1. The summed E-state index contributed by atoms with van der Waals surface area (Å²) < 4.78 is 46.7. The molecule has 1 atom stereocenters. The standard InChI is InChI=1S/C30H31F3N6O4/c1-2-43-26-19(4-3-12-35-26)22-7-6-21-24(36-22)28(42)39(18-9-13-34-16-18)17-29(21)10-14-38(15-11-29)27(41)20-5-8-23(40)37-25(20)30(31,32)33/h3-8,12,18,34H,2,9-11,13-17H2,1H3,(H,37,40). The number of H-pyrrole nitrogens is 1. The lowest BCUT2D eigenvalue weighted by Gasteiger charge is -2.49. The van der Waals surface area contributed by atoms with Gasteiger partial charge in [-0.05, 0) is 62.6 Å². The molecule has 43 heavy (non-hydrogen) atoms. The first-order valence-electron chi connectivity index (χ1n) is 14.3. The van der Waals surface area contributed by atoms with Crippen LogP contribution in [0.25, 0.3) is 11.3 Å². The average Bonchev–Trinajstić information content (AvgIpc) is 3.54. The summed E-state index contributed by atoms with van der Waals surface area (Å²) in [5, 5.41) is 3.32. The first-order valence-corrected chi connectivity index (χ1v) is 14.3. The molecule has 13 heteroatoms. The minimum atomic E-state index is -4.89. The Morgan fingerprint density at radius 1 is 1.14 bits per heavy atom. The number of carbonyl (C=O) groups excluding carboxylic acids is 2. The molecule has 2 amide bonds. The zero-order chi connectivity index (χ0) is 30.4. The number of fused-ring (bicyclic) bond motifs is 2. The van der Waals surface area contributed by atoms with Crippen LogP contribution in [0.2, 0.25) is 0 Å². The maximum atomic E-state index is 13.9. The maximum Gasteiger partial charge on any atom is 0.432 e. The van der Waals surface area contributed by atoms with Crippen LogP contribution in [-0.4, -0.2) is 81.9 Å². The van der Waals surface area contributed by atoms with E-state index in [1.807, 2.05) is 30.0 Å². The van der Waals surface area contributed by atoms with Crippen molar-refractivity contribution < 1.29 is 27.5 Å². The molecule has 6 heterocycles. The average molecular weight is 597 g/mol. The van der Waals surface area contributed by atoms with Gasteiger partial charge < -0.3 is 24.8 Å². The number of pyridine rings is 3. The molecule has 10 nitrogen and oxygen atoms in total. The van der Waals surface area contributed by atoms with Crippen LogP contribution in [0, 0.1) is 0 Å². The monoisotopic (exact) mass is 596 g/mol. The highest BCUT2D eigenvalue weighted by atomic mass is 19.4. The summed E-state index contributed by atoms with van der Waals surface area (Å²) in [5.74, 6) is -0.546. The molecule has 3 aliphatic rings. The van der Waals surface area contributed by atoms with E-state index in [0.717, 1.165) is 30.7 Å². The first kappa shape index (κ1) is 28.8. The number of alkyl halides is 3. The van der Waals surface area contributed by atoms with Crippen molar-refractivity contribution in [3.63, 3.8) is 0 Å². The molecule has 0 saturated carbocycles. The van der Waals surface area contributed by atoms with Gasteiger partial charge in [-0.15, -0.1) is 0 Å². The molecule has 2 fully saturated rings. The summed E-state index contributed by atoms with van der Waals surface area (Å²) in [6.45, 7) is 4.51. The van der Waals surface area contributed by atoms with Gasteiger partial charge in [0, 0.05) is 49.9 Å². The van der Waals surface area contributed by atoms with Crippen molar-refractivity contribution in [2.24, 2.45) is 0 Å². The normalized spacial score (nSPS) is 19.9. The quantitative estimate of drug-likeness (QED) is 0.464. The molecular formula is C30H31F3N6O4. The van der Waals surface area contributed by atoms with Crippen molar-refractivity contribution in [2.75, 3.05) is 39.3 Å². The molecule has 3 aromatic rings. The van der Waals surface area contributed by atoms with Gasteiger partial charge in [0.2, 0.25) is 11.4 Å². The van der Waals surface area contributed by atoms with Gasteiger partial charge in [0.05, 0.1) is 23.4 Å². The summed E-state index contributed by atoms with van der Waals surface area (Å²) in [5.41, 5.74) is -1.08. The molecule has 1 unspecified atom stereocenters. The van der Waals surface area contributed by atoms with Crippen LogP contribution in [0.3, 0.4) is 0 Å². The van der Waals surface area contributed by atoms with Crippen LogP contribution in [0.4, 0.5) is 13.2 Å². The van der Waals surface area contributed by atoms with Gasteiger partial charge in [-0.1, -0.05) is 6.07 Å². The van der Waals surface area contributed by atoms with Gasteiger partial charge >= 0.3 is 6.18 Å². The minimum absolute atomic E-state index is 0.0180. The van der Waals surface area contributed by atoms with Crippen molar-refractivity contribution in [1.29, 1.82) is 0 Å². The Morgan fingerprint density at radius 2 is 1.93 bits per heavy atom. The highest BCUT2D eigenvalue weighted by Gasteiger charge is 2.49. The molecule has 1 spiro atoms. The molecule has 3 aliphatic heterocycles. The number of nitrogens with zero attached hydrogens (tertiary/aromatic N) is 4. The number of hydrogen-bond donors (Lipinski definition) is 2. The predicted molar refractivity (Wildman–Crippen MR) is 150 cm³/mol. The third-order valence-electron chi connectivity index (χ3n) is 8.65. The van der Waals surface area contributed by atoms with Gasteiger partial charge in [-0.25, -0.2) is 9.97 Å². The van der Waals surface area contributed by atoms with Crippen molar-refractivity contribution in [3.05, 3.63) is 75.5 Å². The molecule has 2 saturated heterocycles. The Morgan fingerprint density at radius 3 is 2.63 bits per heavy atom. The summed E-state index contributed by atoms with van der Waals surface area (Å²) in [4.78, 5) is 53.1. The number of hydrogen-bond acceptors (Lipinski definition) is 7. The van der Waals surface area contributed by atoms with E-state index < -0.39 is 34.3 Å². The molecule has 226 valence electrons. The number of aromatic amines is 1. The smallest absolute Gasteiger partial charge is 0.432 e. The number of carbonyl (C=O) groups is 2. The van der Waals surface area contributed by atoms with E-state index in [0.29, 0.717) is 55.4 Å². The van der Waals surface area contributed by atoms with Crippen LogP contribution in [0.15, 0.2) is 47.4 Å². The second kappa shape index (κ2) is 11.1. The summed E-state index contributed by atoms with van der Waals surface area (Å²) in [7, 11) is 0. The fourth-order valence-electron chi connectivity index (χ4n) is 6.47. The number of piperidine rings is 1. The molecule has 0 bridgehead atoms. The number of amides is 2. The second-order valence-electron chi connectivity index (χ2n) is 11.1. The van der Waals surface area contributed by atoms with Crippen molar-refractivity contribution in [3.8, 4) is 17.1 Å². The lowest BCUT2D eigenvalue weighted by molar-refractivity contribution is -0.141. The van der Waals surface area contributed by atoms with E-state index in [-0.39, 0.29) is 25.0 Å². The van der Waals surface area contributed by atoms with E-state index in [2.05, 4.69) is 10.3 Å². The first-order chi connectivity index (χ1) is 20.6. The lowest BCUT2D eigenvalue weighted by Crippen LogP contribution is -2.58. The van der Waals surface area contributed by atoms with Gasteiger partial charge in [-0.3, -0.25) is 14.4 Å². The van der Waals surface area contributed by atoms with Crippen molar-refractivity contribution >= 4 is 11.8 Å². The Labute approximate surface area is 245 Å². The number of rotatable bonds is 5. The molecular weight excluding hydrogens is 565 g/mol. The summed E-state index contributed by atoms with van der Waals surface area (Å²) >= 11 is 0. The topological polar surface area (TPSA) is 121 Å². The van der Waals surface area contributed by atoms with Crippen LogP contribution in [-0.2, 0) is 11.6 Å². The minimum Gasteiger partial charge on any atom is -0.477 e. The third kappa shape index (κ3) is 5.26. The number of nitrogens with one attached hydrogen (secondary N) is 2. The van der Waals surface area contributed by atoms with E-state index in [1.165, 1.54) is 4.90 Å². The third-order valence-corrected chi connectivity index (χ3v) is 8.65. The SMILES string of the molecule is CCOc1ncccc1-c1ccc2c(n1)C(=O)N(C1CCNC1)CC21CCN(C(=O)c2ccc(=O)[nH]c2C(F)(F)F)CC1. The molecule has 0 radical (unpaired) electrons. The van der Waals surface area contributed by atoms with Gasteiger partial charge in [-0.2, -0.15) is 13.2 Å². The predicted octanol–water partition coefficient (Wildman–Crippen LogP) is 3.24. The molecule has 0 aliphatic carbocycles. The van der Waals surface area contributed by atoms with Gasteiger partial charge in [0.1, 0.15) is 11.4 Å². The number of aromatic nitrogens is 3. The van der Waals surface area contributed by atoms with Crippen molar-refractivity contribution in [1.82, 2.24) is 30.1 Å². The van der Waals surface area contributed by atoms with Crippen LogP contribution in [0.1, 0.15) is 58.3 Å². The zero-order valence-electron chi connectivity index (χ0n) is 23.5. The Balaban J connectivity index is 1.34. The Hall–Kier alpha value is -4.26. The fraction of sp³-hybridized carbons (Fsp3) is 0.433. The Kier molecular flexibility index (Phi) is 7.45. The molecule has 0 aromatic carbocycles. The van der Waals surface area contributed by atoms with Gasteiger partial charge in [0.25, 0.3) is 11.8 Å².